The van der Waals surface area contributed by atoms with Crippen LogP contribution in [-0.2, 0) is 16.9 Å². The third-order valence-electron chi connectivity index (χ3n) is 4.23. The summed E-state index contributed by atoms with van der Waals surface area (Å²) in [6.07, 6.45) is 0. The van der Waals surface area contributed by atoms with E-state index < -0.39 is 11.6 Å². The summed E-state index contributed by atoms with van der Waals surface area (Å²) in [6, 6.07) is 12.7. The lowest BCUT2D eigenvalue weighted by Gasteiger charge is -2.32. The Morgan fingerprint density at radius 2 is 2.00 bits per heavy atom. The van der Waals surface area contributed by atoms with E-state index in [1.807, 2.05) is 43.3 Å². The lowest BCUT2D eigenvalue weighted by atomic mass is 9.83. The number of benzene rings is 2. The minimum absolute atomic E-state index is 0.285. The number of ether oxygens (including phenoxy) is 2. The molecular weight excluding hydrogens is 306 g/mol. The molecule has 0 saturated carbocycles. The summed E-state index contributed by atoms with van der Waals surface area (Å²) in [5.74, 6) is 0.244. The van der Waals surface area contributed by atoms with E-state index in [9.17, 15) is 9.90 Å². The Morgan fingerprint density at radius 3 is 2.71 bits per heavy atom. The van der Waals surface area contributed by atoms with Crippen LogP contribution < -0.4 is 4.74 Å². The fraction of sp³-hybridized carbons (Fsp3) is 0.316. The molecule has 1 aliphatic rings. The summed E-state index contributed by atoms with van der Waals surface area (Å²) in [6.45, 7) is 0.685. The number of nitrogens with zero attached hydrogens (tertiary/aromatic N) is 1. The van der Waals surface area contributed by atoms with Crippen molar-refractivity contribution < 1.29 is 19.4 Å². The Bertz CT molecular complexity index is 772. The van der Waals surface area contributed by atoms with E-state index >= 15 is 0 Å². The van der Waals surface area contributed by atoms with Crippen LogP contribution >= 0.6 is 0 Å². The zero-order valence-electron chi connectivity index (χ0n) is 14.1. The quantitative estimate of drug-likeness (QED) is 0.876. The molecule has 2 aromatic carbocycles. The van der Waals surface area contributed by atoms with Crippen LogP contribution in [0.15, 0.2) is 42.5 Å². The second-order valence-electron chi connectivity index (χ2n) is 6.25. The standard InChI is InChI=1S/C19H21NO4/c1-20(2)12-19(22)15-9-8-13(18(21)23-3)10-14(15)11-24-17-7-5-4-6-16(17)19/h4-10,22H,11-12H2,1-3H3. The molecule has 1 unspecified atom stereocenters. The Morgan fingerprint density at radius 1 is 1.25 bits per heavy atom. The summed E-state index contributed by atoms with van der Waals surface area (Å²) < 4.78 is 10.7. The number of likely N-dealkylation sites (N-methyl/N-ethyl adjacent to an activating group) is 1. The summed E-state index contributed by atoms with van der Waals surface area (Å²) in [4.78, 5) is 13.7. The van der Waals surface area contributed by atoms with E-state index in [-0.39, 0.29) is 6.61 Å². The maximum Gasteiger partial charge on any atom is 0.337 e. The van der Waals surface area contributed by atoms with Crippen molar-refractivity contribution in [2.75, 3.05) is 27.7 Å². The van der Waals surface area contributed by atoms with Crippen LogP contribution in [0.3, 0.4) is 0 Å². The van der Waals surface area contributed by atoms with Crippen molar-refractivity contribution in [3.63, 3.8) is 0 Å². The second kappa shape index (κ2) is 6.26. The zero-order valence-corrected chi connectivity index (χ0v) is 14.1. The fourth-order valence-electron chi connectivity index (χ4n) is 3.22. The van der Waals surface area contributed by atoms with Crippen molar-refractivity contribution in [3.8, 4) is 5.75 Å². The number of hydrogen-bond acceptors (Lipinski definition) is 5. The first-order valence-corrected chi connectivity index (χ1v) is 7.77. The highest BCUT2D eigenvalue weighted by Gasteiger charge is 2.39. The normalized spacial score (nSPS) is 19.0. The molecule has 1 aliphatic heterocycles. The maximum atomic E-state index is 11.8. The van der Waals surface area contributed by atoms with Gasteiger partial charge in [-0.2, -0.15) is 0 Å². The van der Waals surface area contributed by atoms with Crippen molar-refractivity contribution >= 4 is 5.97 Å². The Labute approximate surface area is 141 Å². The average molecular weight is 327 g/mol. The second-order valence-corrected chi connectivity index (χ2v) is 6.25. The molecule has 0 spiro atoms. The number of hydrogen-bond donors (Lipinski definition) is 1. The van der Waals surface area contributed by atoms with E-state index in [4.69, 9.17) is 9.47 Å². The predicted molar refractivity (Wildman–Crippen MR) is 90.1 cm³/mol. The number of para-hydroxylation sites is 1. The summed E-state index contributed by atoms with van der Waals surface area (Å²) >= 11 is 0. The molecule has 0 aliphatic carbocycles. The molecule has 0 radical (unpaired) electrons. The number of carbonyl (C=O) groups excluding carboxylic acids is 1. The number of methoxy groups -OCH3 is 1. The number of fused-ring (bicyclic) bond motifs is 2. The van der Waals surface area contributed by atoms with Crippen LogP contribution in [0.5, 0.6) is 5.75 Å². The van der Waals surface area contributed by atoms with Crippen molar-refractivity contribution in [3.05, 3.63) is 64.7 Å². The maximum absolute atomic E-state index is 11.8. The number of aliphatic hydroxyl groups is 1. The van der Waals surface area contributed by atoms with Crippen molar-refractivity contribution in [2.45, 2.75) is 12.2 Å². The molecular formula is C19H21NO4. The summed E-state index contributed by atoms with van der Waals surface area (Å²) in [5, 5.41) is 11.6. The van der Waals surface area contributed by atoms with Gasteiger partial charge in [-0.3, -0.25) is 0 Å². The first kappa shape index (κ1) is 16.5. The Kier molecular flexibility index (Phi) is 4.30. The van der Waals surface area contributed by atoms with Crippen LogP contribution in [0, 0.1) is 0 Å². The van der Waals surface area contributed by atoms with E-state index in [1.54, 1.807) is 18.2 Å². The number of rotatable bonds is 3. The number of carbonyl (C=O) groups is 1. The SMILES string of the molecule is COC(=O)c1ccc2c(c1)COc1ccccc1C2(O)CN(C)C. The molecule has 126 valence electrons. The van der Waals surface area contributed by atoms with Gasteiger partial charge in [0, 0.05) is 12.1 Å². The molecule has 0 saturated heterocycles. The van der Waals surface area contributed by atoms with Gasteiger partial charge in [-0.05, 0) is 43.4 Å². The van der Waals surface area contributed by atoms with Crippen LogP contribution in [0.1, 0.15) is 27.0 Å². The first-order valence-electron chi connectivity index (χ1n) is 7.77. The molecule has 0 amide bonds. The molecule has 3 rings (SSSR count). The van der Waals surface area contributed by atoms with Crippen molar-refractivity contribution in [1.29, 1.82) is 0 Å². The van der Waals surface area contributed by atoms with Gasteiger partial charge >= 0.3 is 5.97 Å². The third kappa shape index (κ3) is 2.77. The molecule has 5 heteroatoms. The van der Waals surface area contributed by atoms with E-state index in [0.29, 0.717) is 17.9 Å². The minimum atomic E-state index is -1.22. The largest absolute Gasteiger partial charge is 0.488 e. The smallest absolute Gasteiger partial charge is 0.337 e. The highest BCUT2D eigenvalue weighted by Crippen LogP contribution is 2.41. The highest BCUT2D eigenvalue weighted by molar-refractivity contribution is 5.89. The predicted octanol–water partition coefficient (Wildman–Crippen LogP) is 2.16. The molecule has 0 fully saturated rings. The molecule has 5 nitrogen and oxygen atoms in total. The van der Waals surface area contributed by atoms with Crippen LogP contribution in [0.25, 0.3) is 0 Å². The van der Waals surface area contributed by atoms with Crippen LogP contribution in [0.4, 0.5) is 0 Å². The zero-order chi connectivity index (χ0) is 17.3. The van der Waals surface area contributed by atoms with Gasteiger partial charge in [0.2, 0.25) is 0 Å². The van der Waals surface area contributed by atoms with Gasteiger partial charge in [0.25, 0.3) is 0 Å². The lowest BCUT2D eigenvalue weighted by molar-refractivity contribution is 0.0504. The van der Waals surface area contributed by atoms with Crippen molar-refractivity contribution in [1.82, 2.24) is 4.90 Å². The van der Waals surface area contributed by atoms with E-state index in [0.717, 1.165) is 16.7 Å². The summed E-state index contributed by atoms with van der Waals surface area (Å²) in [5.41, 5.74) is 1.47. The fourth-order valence-corrected chi connectivity index (χ4v) is 3.22. The molecule has 1 atom stereocenters. The third-order valence-corrected chi connectivity index (χ3v) is 4.23. The summed E-state index contributed by atoms with van der Waals surface area (Å²) in [7, 11) is 5.17. The Hall–Kier alpha value is -2.37. The molecule has 1 N–H and O–H groups in total. The number of esters is 1. The van der Waals surface area contributed by atoms with E-state index in [2.05, 4.69) is 0 Å². The average Bonchev–Trinajstić information content (AvgIpc) is 2.69. The highest BCUT2D eigenvalue weighted by atomic mass is 16.5. The van der Waals surface area contributed by atoms with Gasteiger partial charge in [0.05, 0.1) is 12.7 Å². The van der Waals surface area contributed by atoms with Gasteiger partial charge in [-0.25, -0.2) is 4.79 Å². The lowest BCUT2D eigenvalue weighted by Crippen LogP contribution is -2.39. The first-order chi connectivity index (χ1) is 11.5. The van der Waals surface area contributed by atoms with Crippen LogP contribution in [-0.4, -0.2) is 43.7 Å². The van der Waals surface area contributed by atoms with Crippen molar-refractivity contribution in [2.24, 2.45) is 0 Å². The van der Waals surface area contributed by atoms with Gasteiger partial charge in [0.15, 0.2) is 0 Å². The topological polar surface area (TPSA) is 59.0 Å². The van der Waals surface area contributed by atoms with Crippen LogP contribution in [0.2, 0.25) is 0 Å². The van der Waals surface area contributed by atoms with Gasteiger partial charge in [-0.15, -0.1) is 0 Å². The van der Waals surface area contributed by atoms with Gasteiger partial charge in [0.1, 0.15) is 18.0 Å². The monoisotopic (exact) mass is 327 g/mol. The minimum Gasteiger partial charge on any atom is -0.488 e. The molecule has 1 heterocycles. The van der Waals surface area contributed by atoms with Gasteiger partial charge in [-0.1, -0.05) is 24.3 Å². The molecule has 0 bridgehead atoms. The molecule has 2 aromatic rings. The van der Waals surface area contributed by atoms with Gasteiger partial charge < -0.3 is 19.5 Å². The van der Waals surface area contributed by atoms with E-state index in [1.165, 1.54) is 7.11 Å². The molecule has 24 heavy (non-hydrogen) atoms. The molecule has 0 aromatic heterocycles. The Balaban J connectivity index is 2.19.